The minimum absolute atomic E-state index is 0.102. The molecule has 0 radical (unpaired) electrons. The molecule has 136 valence electrons. The fourth-order valence-corrected chi connectivity index (χ4v) is 2.81. The van der Waals surface area contributed by atoms with E-state index in [4.69, 9.17) is 14.2 Å². The van der Waals surface area contributed by atoms with Gasteiger partial charge in [0.1, 0.15) is 23.2 Å². The molecule has 0 bridgehead atoms. The molecule has 0 aliphatic rings. The number of rotatable bonds is 6. The smallest absolute Gasteiger partial charge is 0.328 e. The molecular weight excluding hydrogens is 324 g/mol. The maximum Gasteiger partial charge on any atom is 0.328 e. The number of amides is 1. The number of nitrogens with one attached hydrogen (secondary N) is 1. The third-order valence-electron chi connectivity index (χ3n) is 4.20. The standard InChI is InChI=1S/C18H24N2O5/c1-10(2)15(18(22)25-6)19-17(21)12-9-11-13(23-4)7-8-14(24-5)16(11)20(12)3/h7-10,15H,1-6H3,(H,19,21)/t15-/m0/s1. The number of hydrogen-bond acceptors (Lipinski definition) is 5. The Morgan fingerprint density at radius 3 is 2.20 bits per heavy atom. The van der Waals surface area contributed by atoms with Crippen LogP contribution in [0.15, 0.2) is 18.2 Å². The van der Waals surface area contributed by atoms with E-state index < -0.39 is 12.0 Å². The first kappa shape index (κ1) is 18.6. The van der Waals surface area contributed by atoms with Gasteiger partial charge in [-0.05, 0) is 24.1 Å². The van der Waals surface area contributed by atoms with Crippen molar-refractivity contribution in [3.05, 3.63) is 23.9 Å². The quantitative estimate of drug-likeness (QED) is 0.809. The molecule has 1 atom stereocenters. The highest BCUT2D eigenvalue weighted by molar-refractivity contribution is 6.03. The Hall–Kier alpha value is -2.70. The third-order valence-corrected chi connectivity index (χ3v) is 4.20. The number of nitrogens with zero attached hydrogens (tertiary/aromatic N) is 1. The van der Waals surface area contributed by atoms with Crippen LogP contribution in [-0.2, 0) is 16.6 Å². The lowest BCUT2D eigenvalue weighted by atomic mass is 10.0. The Bertz CT molecular complexity index is 794. The summed E-state index contributed by atoms with van der Waals surface area (Å²) in [6.45, 7) is 3.69. The summed E-state index contributed by atoms with van der Waals surface area (Å²) in [4.78, 5) is 24.6. The van der Waals surface area contributed by atoms with E-state index in [-0.39, 0.29) is 11.8 Å². The Labute approximate surface area is 146 Å². The van der Waals surface area contributed by atoms with Crippen molar-refractivity contribution in [2.45, 2.75) is 19.9 Å². The zero-order chi connectivity index (χ0) is 18.7. The Morgan fingerprint density at radius 1 is 1.08 bits per heavy atom. The van der Waals surface area contributed by atoms with Crippen molar-refractivity contribution in [3.63, 3.8) is 0 Å². The second-order valence-corrected chi connectivity index (χ2v) is 6.04. The monoisotopic (exact) mass is 348 g/mol. The second-order valence-electron chi connectivity index (χ2n) is 6.04. The van der Waals surface area contributed by atoms with Gasteiger partial charge in [0.25, 0.3) is 5.91 Å². The second kappa shape index (κ2) is 7.46. The van der Waals surface area contributed by atoms with E-state index in [9.17, 15) is 9.59 Å². The number of aryl methyl sites for hydroxylation is 1. The summed E-state index contributed by atoms with van der Waals surface area (Å²) >= 11 is 0. The maximum atomic E-state index is 12.7. The molecule has 1 N–H and O–H groups in total. The van der Waals surface area contributed by atoms with E-state index in [1.54, 1.807) is 44.0 Å². The number of fused-ring (bicyclic) bond motifs is 1. The van der Waals surface area contributed by atoms with Gasteiger partial charge in [-0.25, -0.2) is 4.79 Å². The largest absolute Gasteiger partial charge is 0.496 e. The maximum absolute atomic E-state index is 12.7. The van der Waals surface area contributed by atoms with Crippen molar-refractivity contribution in [2.24, 2.45) is 13.0 Å². The van der Waals surface area contributed by atoms with Crippen LogP contribution < -0.4 is 14.8 Å². The molecule has 25 heavy (non-hydrogen) atoms. The van der Waals surface area contributed by atoms with Gasteiger partial charge < -0.3 is 24.1 Å². The van der Waals surface area contributed by atoms with Gasteiger partial charge in [-0.3, -0.25) is 4.79 Å². The molecule has 0 saturated carbocycles. The lowest BCUT2D eigenvalue weighted by Gasteiger charge is -2.19. The van der Waals surface area contributed by atoms with Crippen LogP contribution in [0.25, 0.3) is 10.9 Å². The summed E-state index contributed by atoms with van der Waals surface area (Å²) in [6.07, 6.45) is 0. The molecule has 0 fully saturated rings. The van der Waals surface area contributed by atoms with Gasteiger partial charge in [0, 0.05) is 12.4 Å². The number of hydrogen-bond donors (Lipinski definition) is 1. The predicted molar refractivity (Wildman–Crippen MR) is 94.1 cm³/mol. The van der Waals surface area contributed by atoms with Crippen molar-refractivity contribution in [2.75, 3.05) is 21.3 Å². The van der Waals surface area contributed by atoms with Crippen LogP contribution in [-0.4, -0.2) is 43.8 Å². The summed E-state index contributed by atoms with van der Waals surface area (Å²) in [5.74, 6) is 0.323. The van der Waals surface area contributed by atoms with Crippen molar-refractivity contribution < 1.29 is 23.8 Å². The summed E-state index contributed by atoms with van der Waals surface area (Å²) in [6, 6.07) is 4.57. The summed E-state index contributed by atoms with van der Waals surface area (Å²) < 4.78 is 17.3. The zero-order valence-corrected chi connectivity index (χ0v) is 15.4. The van der Waals surface area contributed by atoms with Crippen LogP contribution in [0.3, 0.4) is 0 Å². The summed E-state index contributed by atoms with van der Waals surface area (Å²) in [5.41, 5.74) is 1.14. The van der Waals surface area contributed by atoms with Crippen molar-refractivity contribution in [3.8, 4) is 11.5 Å². The molecule has 0 spiro atoms. The van der Waals surface area contributed by atoms with Crippen molar-refractivity contribution in [1.29, 1.82) is 0 Å². The molecule has 1 heterocycles. The topological polar surface area (TPSA) is 78.8 Å². The predicted octanol–water partition coefficient (Wildman–Crippen LogP) is 2.12. The molecule has 0 saturated heterocycles. The Kier molecular flexibility index (Phi) is 5.56. The van der Waals surface area contributed by atoms with Gasteiger partial charge in [-0.15, -0.1) is 0 Å². The van der Waals surface area contributed by atoms with Crippen LogP contribution in [0.1, 0.15) is 24.3 Å². The SMILES string of the molecule is COC(=O)[C@@H](NC(=O)c1cc2c(OC)ccc(OC)c2n1C)C(C)C. The Balaban J connectivity index is 2.48. The molecule has 1 amide bonds. The van der Waals surface area contributed by atoms with Gasteiger partial charge in [0.15, 0.2) is 0 Å². The average molecular weight is 348 g/mol. The van der Waals surface area contributed by atoms with E-state index in [2.05, 4.69) is 5.32 Å². The highest BCUT2D eigenvalue weighted by atomic mass is 16.5. The van der Waals surface area contributed by atoms with Crippen LogP contribution in [0.4, 0.5) is 0 Å². The Morgan fingerprint density at radius 2 is 1.68 bits per heavy atom. The number of ether oxygens (including phenoxy) is 3. The van der Waals surface area contributed by atoms with Crippen LogP contribution in [0, 0.1) is 5.92 Å². The number of carbonyl (C=O) groups is 2. The number of benzene rings is 1. The third kappa shape index (κ3) is 3.40. The fourth-order valence-electron chi connectivity index (χ4n) is 2.81. The minimum atomic E-state index is -0.723. The van der Waals surface area contributed by atoms with Gasteiger partial charge in [0.2, 0.25) is 0 Å². The number of methoxy groups -OCH3 is 3. The summed E-state index contributed by atoms with van der Waals surface area (Å²) in [5, 5.41) is 3.50. The molecule has 0 unspecified atom stereocenters. The lowest BCUT2D eigenvalue weighted by Crippen LogP contribution is -2.45. The van der Waals surface area contributed by atoms with E-state index in [1.165, 1.54) is 7.11 Å². The molecule has 7 heteroatoms. The number of carbonyl (C=O) groups excluding carboxylic acids is 2. The first-order chi connectivity index (χ1) is 11.8. The number of esters is 1. The molecule has 1 aromatic carbocycles. The molecule has 7 nitrogen and oxygen atoms in total. The molecule has 1 aromatic heterocycles. The van der Waals surface area contributed by atoms with Crippen molar-refractivity contribution >= 4 is 22.8 Å². The minimum Gasteiger partial charge on any atom is -0.496 e. The van der Waals surface area contributed by atoms with Crippen molar-refractivity contribution in [1.82, 2.24) is 9.88 Å². The van der Waals surface area contributed by atoms with Crippen LogP contribution in [0.5, 0.6) is 11.5 Å². The van der Waals surface area contributed by atoms with Gasteiger partial charge >= 0.3 is 5.97 Å². The molecular formula is C18H24N2O5. The normalized spacial score (nSPS) is 12.1. The van der Waals surface area contributed by atoms with E-state index in [1.807, 2.05) is 13.8 Å². The van der Waals surface area contributed by atoms with Gasteiger partial charge in [-0.2, -0.15) is 0 Å². The van der Waals surface area contributed by atoms with E-state index >= 15 is 0 Å². The number of aromatic nitrogens is 1. The molecule has 2 rings (SSSR count). The van der Waals surface area contributed by atoms with Crippen LogP contribution in [0.2, 0.25) is 0 Å². The molecule has 2 aromatic rings. The lowest BCUT2D eigenvalue weighted by molar-refractivity contribution is -0.144. The first-order valence-electron chi connectivity index (χ1n) is 7.94. The van der Waals surface area contributed by atoms with Gasteiger partial charge in [-0.1, -0.05) is 13.8 Å². The fraction of sp³-hybridized carbons (Fsp3) is 0.444. The first-order valence-corrected chi connectivity index (χ1v) is 7.94. The highest BCUT2D eigenvalue weighted by Crippen LogP contribution is 2.35. The van der Waals surface area contributed by atoms with Gasteiger partial charge in [0.05, 0.1) is 26.8 Å². The molecule has 0 aliphatic carbocycles. The zero-order valence-electron chi connectivity index (χ0n) is 15.4. The highest BCUT2D eigenvalue weighted by Gasteiger charge is 2.27. The van der Waals surface area contributed by atoms with Crippen LogP contribution >= 0.6 is 0 Å². The molecule has 0 aliphatic heterocycles. The average Bonchev–Trinajstić information content (AvgIpc) is 2.95. The summed E-state index contributed by atoms with van der Waals surface area (Å²) in [7, 11) is 6.21. The van der Waals surface area contributed by atoms with E-state index in [0.29, 0.717) is 17.2 Å². The van der Waals surface area contributed by atoms with E-state index in [0.717, 1.165) is 10.9 Å².